The van der Waals surface area contributed by atoms with Gasteiger partial charge in [-0.15, -0.1) is 0 Å². The van der Waals surface area contributed by atoms with Crippen LogP contribution in [0.2, 0.25) is 5.15 Å². The lowest BCUT2D eigenvalue weighted by atomic mass is 10.1. The van der Waals surface area contributed by atoms with Crippen molar-refractivity contribution in [1.29, 1.82) is 0 Å². The van der Waals surface area contributed by atoms with Crippen molar-refractivity contribution in [2.75, 3.05) is 11.9 Å². The fourth-order valence-electron chi connectivity index (χ4n) is 2.42. The Morgan fingerprint density at radius 1 is 0.905 bits per heavy atom. The molecule has 0 atom stereocenters. The van der Waals surface area contributed by atoms with E-state index in [4.69, 9.17) is 11.6 Å². The Labute approximate surface area is 134 Å². The second-order valence-corrected chi connectivity index (χ2v) is 6.15. The van der Waals surface area contributed by atoms with Crippen LogP contribution in [0.4, 0.5) is 5.95 Å². The predicted octanol–water partition coefficient (Wildman–Crippen LogP) is 5.77. The summed E-state index contributed by atoms with van der Waals surface area (Å²) in [5.41, 5.74) is 0.903. The van der Waals surface area contributed by atoms with Gasteiger partial charge >= 0.3 is 0 Å². The number of anilines is 1. The Balaban J connectivity index is 1.93. The van der Waals surface area contributed by atoms with E-state index < -0.39 is 0 Å². The molecule has 0 amide bonds. The van der Waals surface area contributed by atoms with E-state index in [1.807, 2.05) is 6.92 Å². The number of hydrogen-bond donors (Lipinski definition) is 1. The molecule has 0 saturated carbocycles. The molecule has 0 aliphatic rings. The van der Waals surface area contributed by atoms with Gasteiger partial charge < -0.3 is 5.32 Å². The van der Waals surface area contributed by atoms with Crippen molar-refractivity contribution in [3.63, 3.8) is 0 Å². The minimum absolute atomic E-state index is 0.507. The number of halogens is 1. The van der Waals surface area contributed by atoms with Gasteiger partial charge in [-0.25, -0.2) is 9.97 Å². The van der Waals surface area contributed by atoms with Crippen LogP contribution in [0.3, 0.4) is 0 Å². The minimum atomic E-state index is 0.507. The van der Waals surface area contributed by atoms with Gasteiger partial charge in [0.25, 0.3) is 0 Å². The molecule has 0 saturated heterocycles. The van der Waals surface area contributed by atoms with Crippen molar-refractivity contribution in [2.45, 2.75) is 78.1 Å². The highest BCUT2D eigenvalue weighted by Gasteiger charge is 1.99. The maximum absolute atomic E-state index is 5.90. The summed E-state index contributed by atoms with van der Waals surface area (Å²) in [5.74, 6) is 0.649. The molecule has 0 aliphatic heterocycles. The summed E-state index contributed by atoms with van der Waals surface area (Å²) in [7, 11) is 0. The highest BCUT2D eigenvalue weighted by molar-refractivity contribution is 6.29. The zero-order chi connectivity index (χ0) is 15.3. The first-order valence-corrected chi connectivity index (χ1v) is 8.85. The van der Waals surface area contributed by atoms with Crippen LogP contribution < -0.4 is 5.32 Å². The summed E-state index contributed by atoms with van der Waals surface area (Å²) in [6.45, 7) is 5.12. The van der Waals surface area contributed by atoms with Crippen molar-refractivity contribution >= 4 is 17.5 Å². The average Bonchev–Trinajstić information content (AvgIpc) is 2.44. The number of aromatic nitrogens is 2. The summed E-state index contributed by atoms with van der Waals surface area (Å²) in [5, 5.41) is 3.75. The first-order valence-electron chi connectivity index (χ1n) is 8.47. The lowest BCUT2D eigenvalue weighted by Gasteiger charge is -2.06. The standard InChI is InChI=1S/C17H30ClN3/c1-3-4-5-6-7-8-9-10-11-12-13-19-17-20-15(2)14-16(18)21-17/h14H,3-13H2,1-2H3,(H,19,20,21). The molecule has 0 aliphatic carbocycles. The molecule has 0 radical (unpaired) electrons. The maximum atomic E-state index is 5.90. The third-order valence-corrected chi connectivity index (χ3v) is 3.83. The normalized spacial score (nSPS) is 10.8. The smallest absolute Gasteiger partial charge is 0.224 e. The van der Waals surface area contributed by atoms with Gasteiger partial charge in [0.2, 0.25) is 5.95 Å². The molecule has 0 unspecified atom stereocenters. The van der Waals surface area contributed by atoms with E-state index in [1.165, 1.54) is 64.2 Å². The van der Waals surface area contributed by atoms with Gasteiger partial charge in [0, 0.05) is 12.2 Å². The molecule has 1 rings (SSSR count). The van der Waals surface area contributed by atoms with Gasteiger partial charge in [-0.1, -0.05) is 76.3 Å². The Hall–Kier alpha value is -0.830. The number of hydrogen-bond acceptors (Lipinski definition) is 3. The van der Waals surface area contributed by atoms with Crippen LogP contribution in [0.5, 0.6) is 0 Å². The molecule has 0 aromatic carbocycles. The molecule has 3 nitrogen and oxygen atoms in total. The summed E-state index contributed by atoms with van der Waals surface area (Å²) < 4.78 is 0. The van der Waals surface area contributed by atoms with Gasteiger partial charge in [0.05, 0.1) is 0 Å². The number of rotatable bonds is 12. The highest BCUT2D eigenvalue weighted by Crippen LogP contribution is 2.12. The molecule has 0 fully saturated rings. The zero-order valence-corrected chi connectivity index (χ0v) is 14.4. The Morgan fingerprint density at radius 3 is 2.05 bits per heavy atom. The van der Waals surface area contributed by atoms with Crippen LogP contribution in [-0.2, 0) is 0 Å². The molecule has 120 valence electrons. The van der Waals surface area contributed by atoms with Gasteiger partial charge in [0.1, 0.15) is 5.15 Å². The van der Waals surface area contributed by atoms with Gasteiger partial charge in [-0.05, 0) is 19.4 Å². The third kappa shape index (κ3) is 9.67. The van der Waals surface area contributed by atoms with Crippen LogP contribution in [0.25, 0.3) is 0 Å². The van der Waals surface area contributed by atoms with E-state index >= 15 is 0 Å². The molecular weight excluding hydrogens is 282 g/mol. The Bertz CT molecular complexity index is 362. The monoisotopic (exact) mass is 311 g/mol. The van der Waals surface area contributed by atoms with Crippen LogP contribution in [0.15, 0.2) is 6.07 Å². The van der Waals surface area contributed by atoms with Gasteiger partial charge in [-0.3, -0.25) is 0 Å². The van der Waals surface area contributed by atoms with Crippen molar-refractivity contribution in [1.82, 2.24) is 9.97 Å². The fraction of sp³-hybridized carbons (Fsp3) is 0.765. The van der Waals surface area contributed by atoms with E-state index in [2.05, 4.69) is 22.2 Å². The van der Waals surface area contributed by atoms with E-state index in [0.29, 0.717) is 11.1 Å². The van der Waals surface area contributed by atoms with Crippen LogP contribution in [0, 0.1) is 6.92 Å². The third-order valence-electron chi connectivity index (χ3n) is 3.64. The van der Waals surface area contributed by atoms with Crippen molar-refractivity contribution in [3.8, 4) is 0 Å². The number of nitrogens with zero attached hydrogens (tertiary/aromatic N) is 2. The van der Waals surface area contributed by atoms with Gasteiger partial charge in [-0.2, -0.15) is 0 Å². The second-order valence-electron chi connectivity index (χ2n) is 5.76. The molecule has 4 heteroatoms. The zero-order valence-electron chi connectivity index (χ0n) is 13.6. The van der Waals surface area contributed by atoms with Crippen molar-refractivity contribution in [3.05, 3.63) is 16.9 Å². The molecule has 1 N–H and O–H groups in total. The fourth-order valence-corrected chi connectivity index (χ4v) is 2.66. The van der Waals surface area contributed by atoms with Crippen LogP contribution in [-0.4, -0.2) is 16.5 Å². The number of nitrogens with one attached hydrogen (secondary N) is 1. The average molecular weight is 312 g/mol. The summed E-state index contributed by atoms with van der Waals surface area (Å²) in [6, 6.07) is 1.77. The lowest BCUT2D eigenvalue weighted by Crippen LogP contribution is -2.06. The molecule has 1 aromatic heterocycles. The van der Waals surface area contributed by atoms with E-state index in [1.54, 1.807) is 6.07 Å². The molecule has 0 bridgehead atoms. The first kappa shape index (κ1) is 18.2. The Kier molecular flexibility index (Phi) is 10.2. The molecule has 21 heavy (non-hydrogen) atoms. The summed E-state index contributed by atoms with van der Waals surface area (Å²) in [4.78, 5) is 8.47. The second kappa shape index (κ2) is 11.8. The van der Waals surface area contributed by atoms with E-state index in [9.17, 15) is 0 Å². The molecule has 1 heterocycles. The quantitative estimate of drug-likeness (QED) is 0.393. The number of unbranched alkanes of at least 4 members (excludes halogenated alkanes) is 9. The SMILES string of the molecule is CCCCCCCCCCCCNc1nc(C)cc(Cl)n1. The summed E-state index contributed by atoms with van der Waals surface area (Å²) >= 11 is 5.90. The lowest BCUT2D eigenvalue weighted by molar-refractivity contribution is 0.559. The van der Waals surface area contributed by atoms with Crippen LogP contribution >= 0.6 is 11.6 Å². The molecule has 0 spiro atoms. The van der Waals surface area contributed by atoms with Crippen molar-refractivity contribution < 1.29 is 0 Å². The maximum Gasteiger partial charge on any atom is 0.224 e. The van der Waals surface area contributed by atoms with E-state index in [0.717, 1.165) is 12.2 Å². The predicted molar refractivity (Wildman–Crippen MR) is 92.1 cm³/mol. The minimum Gasteiger partial charge on any atom is -0.354 e. The first-order chi connectivity index (χ1) is 10.2. The topological polar surface area (TPSA) is 37.8 Å². The summed E-state index contributed by atoms with van der Waals surface area (Å²) in [6.07, 6.45) is 13.5. The molecule has 1 aromatic rings. The van der Waals surface area contributed by atoms with Crippen LogP contribution in [0.1, 0.15) is 76.8 Å². The highest BCUT2D eigenvalue weighted by atomic mass is 35.5. The van der Waals surface area contributed by atoms with E-state index in [-0.39, 0.29) is 0 Å². The van der Waals surface area contributed by atoms with Crippen molar-refractivity contribution in [2.24, 2.45) is 0 Å². The largest absolute Gasteiger partial charge is 0.354 e. The Morgan fingerprint density at radius 2 is 1.48 bits per heavy atom. The van der Waals surface area contributed by atoms with Gasteiger partial charge in [0.15, 0.2) is 0 Å². The number of aryl methyl sites for hydroxylation is 1. The molecular formula is C17H30ClN3.